The van der Waals surface area contributed by atoms with Gasteiger partial charge in [0.05, 0.1) is 13.3 Å². The van der Waals surface area contributed by atoms with Crippen LogP contribution in [0.5, 0.6) is 5.75 Å². The summed E-state index contributed by atoms with van der Waals surface area (Å²) in [5.41, 5.74) is 7.38. The zero-order chi connectivity index (χ0) is 20.2. The Morgan fingerprint density at radius 1 is 1.07 bits per heavy atom. The third kappa shape index (κ3) is 4.25. The minimum absolute atomic E-state index is 0.251. The van der Waals surface area contributed by atoms with E-state index in [4.69, 9.17) is 16.3 Å². The molecule has 146 valence electrons. The Morgan fingerprint density at radius 3 is 2.59 bits per heavy atom. The van der Waals surface area contributed by atoms with Crippen molar-refractivity contribution >= 4 is 29.4 Å². The molecular formula is C23H20ClN3O2. The monoisotopic (exact) mass is 405 g/mol. The number of carbonyl (C=O) groups is 1. The molecule has 3 aromatic rings. The van der Waals surface area contributed by atoms with Crippen LogP contribution in [0.2, 0.25) is 5.02 Å². The summed E-state index contributed by atoms with van der Waals surface area (Å²) in [7, 11) is 1.66. The van der Waals surface area contributed by atoms with Crippen molar-refractivity contribution in [1.29, 1.82) is 0 Å². The van der Waals surface area contributed by atoms with Gasteiger partial charge < -0.3 is 9.64 Å². The fourth-order valence-electron chi connectivity index (χ4n) is 3.32. The molecule has 1 aliphatic rings. The molecule has 0 radical (unpaired) electrons. The smallest absolute Gasteiger partial charge is 0.271 e. The quantitative estimate of drug-likeness (QED) is 0.497. The number of ether oxygens (including phenoxy) is 1. The van der Waals surface area contributed by atoms with Crippen LogP contribution in [0, 0.1) is 0 Å². The van der Waals surface area contributed by atoms with Gasteiger partial charge in [-0.2, -0.15) is 5.10 Å². The molecule has 0 aromatic heterocycles. The van der Waals surface area contributed by atoms with Crippen molar-refractivity contribution in [1.82, 2.24) is 5.43 Å². The summed E-state index contributed by atoms with van der Waals surface area (Å²) in [6.45, 7) is 1.57. The lowest BCUT2D eigenvalue weighted by Gasteiger charge is -2.17. The topological polar surface area (TPSA) is 53.9 Å². The summed E-state index contributed by atoms with van der Waals surface area (Å²) in [6, 6.07) is 21.1. The molecule has 0 spiro atoms. The lowest BCUT2D eigenvalue weighted by molar-refractivity contribution is 0.0955. The second-order valence-corrected chi connectivity index (χ2v) is 7.17. The highest BCUT2D eigenvalue weighted by molar-refractivity contribution is 6.33. The Labute approximate surface area is 174 Å². The molecule has 4 rings (SSSR count). The van der Waals surface area contributed by atoms with Crippen molar-refractivity contribution < 1.29 is 9.53 Å². The fraction of sp³-hybridized carbons (Fsp3) is 0.130. The molecule has 0 fully saturated rings. The lowest BCUT2D eigenvalue weighted by Crippen LogP contribution is -2.18. The average Bonchev–Trinajstić information content (AvgIpc) is 3.18. The Kier molecular flexibility index (Phi) is 5.49. The zero-order valence-corrected chi connectivity index (χ0v) is 16.7. The fourth-order valence-corrected chi connectivity index (χ4v) is 3.50. The lowest BCUT2D eigenvalue weighted by atomic mass is 10.1. The van der Waals surface area contributed by atoms with Gasteiger partial charge in [-0.1, -0.05) is 35.9 Å². The van der Waals surface area contributed by atoms with Crippen LogP contribution in [0.25, 0.3) is 0 Å². The third-order valence-corrected chi connectivity index (χ3v) is 5.25. The van der Waals surface area contributed by atoms with Gasteiger partial charge in [0.2, 0.25) is 0 Å². The summed E-state index contributed by atoms with van der Waals surface area (Å²) >= 11 is 6.09. The van der Waals surface area contributed by atoms with Crippen molar-refractivity contribution in [3.05, 3.63) is 94.0 Å². The zero-order valence-electron chi connectivity index (χ0n) is 15.9. The predicted octanol–water partition coefficient (Wildman–Crippen LogP) is 4.63. The molecule has 5 nitrogen and oxygen atoms in total. The molecule has 1 heterocycles. The van der Waals surface area contributed by atoms with Crippen molar-refractivity contribution in [2.75, 3.05) is 12.0 Å². The molecule has 0 saturated carbocycles. The number of rotatable bonds is 5. The van der Waals surface area contributed by atoms with E-state index in [2.05, 4.69) is 15.4 Å². The van der Waals surface area contributed by atoms with Gasteiger partial charge in [-0.25, -0.2) is 5.43 Å². The first-order chi connectivity index (χ1) is 14.1. The number of hydrogen-bond donors (Lipinski definition) is 1. The van der Waals surface area contributed by atoms with Crippen LogP contribution in [-0.2, 0) is 13.1 Å². The number of halogens is 1. The molecule has 1 N–H and O–H groups in total. The number of hydrazone groups is 1. The summed E-state index contributed by atoms with van der Waals surface area (Å²) in [5, 5.41) is 4.60. The minimum atomic E-state index is -0.251. The first-order valence-corrected chi connectivity index (χ1v) is 9.60. The molecule has 6 heteroatoms. The average molecular weight is 406 g/mol. The molecule has 0 saturated heterocycles. The molecule has 0 atom stereocenters. The van der Waals surface area contributed by atoms with Gasteiger partial charge in [-0.05, 0) is 53.6 Å². The molecule has 0 bridgehead atoms. The normalized spacial score (nSPS) is 12.8. The van der Waals surface area contributed by atoms with Gasteiger partial charge in [0.25, 0.3) is 5.91 Å². The van der Waals surface area contributed by atoms with Gasteiger partial charge in [0.15, 0.2) is 0 Å². The number of nitrogens with one attached hydrogen (secondary N) is 1. The largest absolute Gasteiger partial charge is 0.497 e. The Balaban J connectivity index is 1.43. The SMILES string of the molecule is COc1ccc(N2Cc3ccc(C(=O)NN=Cc4ccccc4Cl)cc3C2)cc1. The maximum absolute atomic E-state index is 12.5. The van der Waals surface area contributed by atoms with Crippen LogP contribution >= 0.6 is 11.6 Å². The highest BCUT2D eigenvalue weighted by Gasteiger charge is 2.20. The Hall–Kier alpha value is -3.31. The molecule has 29 heavy (non-hydrogen) atoms. The standard InChI is InChI=1S/C23H20ClN3O2/c1-29-21-10-8-20(9-11-21)27-14-18-7-6-16(12-19(18)15-27)23(28)26-25-13-17-4-2-3-5-22(17)24/h2-13H,14-15H2,1H3,(H,26,28). The second-order valence-electron chi connectivity index (χ2n) is 6.76. The summed E-state index contributed by atoms with van der Waals surface area (Å²) in [4.78, 5) is 14.7. The van der Waals surface area contributed by atoms with Gasteiger partial charge >= 0.3 is 0 Å². The highest BCUT2D eigenvalue weighted by atomic mass is 35.5. The Bertz CT molecular complexity index is 1060. The predicted molar refractivity (Wildman–Crippen MR) is 116 cm³/mol. The van der Waals surface area contributed by atoms with Crippen LogP contribution < -0.4 is 15.1 Å². The maximum atomic E-state index is 12.5. The second kappa shape index (κ2) is 8.37. The van der Waals surface area contributed by atoms with E-state index in [0.717, 1.165) is 35.7 Å². The number of hydrogen-bond acceptors (Lipinski definition) is 4. The number of nitrogens with zero attached hydrogens (tertiary/aromatic N) is 2. The number of anilines is 1. The van der Waals surface area contributed by atoms with E-state index >= 15 is 0 Å². The first kappa shape index (κ1) is 19.0. The number of methoxy groups -OCH3 is 1. The summed E-state index contributed by atoms with van der Waals surface area (Å²) in [6.07, 6.45) is 1.54. The van der Waals surface area contributed by atoms with Crippen LogP contribution in [0.1, 0.15) is 27.0 Å². The van der Waals surface area contributed by atoms with Crippen molar-refractivity contribution in [3.63, 3.8) is 0 Å². The van der Waals surface area contributed by atoms with E-state index in [9.17, 15) is 4.79 Å². The number of amides is 1. The van der Waals surface area contributed by atoms with Crippen LogP contribution in [-0.4, -0.2) is 19.2 Å². The molecule has 3 aromatic carbocycles. The molecule has 0 unspecified atom stereocenters. The number of fused-ring (bicyclic) bond motifs is 1. The first-order valence-electron chi connectivity index (χ1n) is 9.23. The van der Waals surface area contributed by atoms with Crippen LogP contribution in [0.15, 0.2) is 71.8 Å². The molecular weight excluding hydrogens is 386 g/mol. The van der Waals surface area contributed by atoms with E-state index < -0.39 is 0 Å². The maximum Gasteiger partial charge on any atom is 0.271 e. The summed E-state index contributed by atoms with van der Waals surface area (Å²) < 4.78 is 5.22. The van der Waals surface area contributed by atoms with Gasteiger partial charge in [0.1, 0.15) is 5.75 Å². The summed E-state index contributed by atoms with van der Waals surface area (Å²) in [5.74, 6) is 0.584. The van der Waals surface area contributed by atoms with Crippen molar-refractivity contribution in [3.8, 4) is 5.75 Å². The van der Waals surface area contributed by atoms with E-state index in [-0.39, 0.29) is 5.91 Å². The minimum Gasteiger partial charge on any atom is -0.497 e. The number of benzene rings is 3. The van der Waals surface area contributed by atoms with Gasteiger partial charge in [0, 0.05) is 34.9 Å². The van der Waals surface area contributed by atoms with E-state index in [1.54, 1.807) is 19.4 Å². The molecule has 0 aliphatic carbocycles. The van der Waals surface area contributed by atoms with Crippen LogP contribution in [0.3, 0.4) is 0 Å². The third-order valence-electron chi connectivity index (χ3n) is 4.90. The van der Waals surface area contributed by atoms with Gasteiger partial charge in [-0.3, -0.25) is 4.79 Å². The van der Waals surface area contributed by atoms with Gasteiger partial charge in [-0.15, -0.1) is 0 Å². The Morgan fingerprint density at radius 2 is 1.83 bits per heavy atom. The van der Waals surface area contributed by atoms with E-state index in [1.807, 2.05) is 60.7 Å². The molecule has 1 amide bonds. The highest BCUT2D eigenvalue weighted by Crippen LogP contribution is 2.30. The van der Waals surface area contributed by atoms with E-state index in [0.29, 0.717) is 10.6 Å². The van der Waals surface area contributed by atoms with Crippen LogP contribution in [0.4, 0.5) is 5.69 Å². The molecule has 1 aliphatic heterocycles. The van der Waals surface area contributed by atoms with Crippen molar-refractivity contribution in [2.24, 2.45) is 5.10 Å². The van der Waals surface area contributed by atoms with Crippen molar-refractivity contribution in [2.45, 2.75) is 13.1 Å². The number of carbonyl (C=O) groups excluding carboxylic acids is 1. The van der Waals surface area contributed by atoms with E-state index in [1.165, 1.54) is 5.56 Å².